The Bertz CT molecular complexity index is 577. The van der Waals surface area contributed by atoms with Gasteiger partial charge in [-0.25, -0.2) is 0 Å². The van der Waals surface area contributed by atoms with E-state index in [1.165, 1.54) is 5.56 Å². The molecule has 0 saturated heterocycles. The maximum absolute atomic E-state index is 12.3. The first kappa shape index (κ1) is 12.0. The summed E-state index contributed by atoms with van der Waals surface area (Å²) in [5.74, 6) is 0.362. The molecule has 96 valence electrons. The van der Waals surface area contributed by atoms with Crippen molar-refractivity contribution in [2.45, 2.75) is 18.8 Å². The zero-order valence-electron chi connectivity index (χ0n) is 10.8. The van der Waals surface area contributed by atoms with Crippen LogP contribution in [-0.2, 0) is 11.2 Å². The summed E-state index contributed by atoms with van der Waals surface area (Å²) in [6, 6.07) is 18.3. The average molecular weight is 251 g/mol. The molecule has 0 aliphatic carbocycles. The predicted octanol–water partition coefficient (Wildman–Crippen LogP) is 3.40. The van der Waals surface area contributed by atoms with Gasteiger partial charge in [0.1, 0.15) is 5.78 Å². The monoisotopic (exact) mass is 251 g/mol. The van der Waals surface area contributed by atoms with E-state index < -0.39 is 0 Å². The summed E-state index contributed by atoms with van der Waals surface area (Å²) in [6.07, 6.45) is 1.45. The Balaban J connectivity index is 1.66. The molecule has 0 spiro atoms. The number of nitrogens with one attached hydrogen (secondary N) is 1. The van der Waals surface area contributed by atoms with Gasteiger partial charge in [0.15, 0.2) is 0 Å². The van der Waals surface area contributed by atoms with E-state index in [-0.39, 0.29) is 5.92 Å². The van der Waals surface area contributed by atoms with Crippen LogP contribution in [0, 0.1) is 0 Å². The molecule has 0 saturated carbocycles. The van der Waals surface area contributed by atoms with Gasteiger partial charge in [-0.15, -0.1) is 0 Å². The van der Waals surface area contributed by atoms with Crippen LogP contribution >= 0.6 is 0 Å². The molecule has 2 aromatic carbocycles. The summed E-state index contributed by atoms with van der Waals surface area (Å²) in [6.45, 7) is 0.743. The summed E-state index contributed by atoms with van der Waals surface area (Å²) >= 11 is 0. The Morgan fingerprint density at radius 3 is 2.63 bits per heavy atom. The Kier molecular flexibility index (Phi) is 3.32. The Hall–Kier alpha value is -2.09. The fourth-order valence-corrected chi connectivity index (χ4v) is 2.66. The third kappa shape index (κ3) is 2.53. The lowest BCUT2D eigenvalue weighted by Crippen LogP contribution is -2.15. The van der Waals surface area contributed by atoms with Crippen LogP contribution in [0.3, 0.4) is 0 Å². The minimum atomic E-state index is 0.0277. The molecule has 2 heteroatoms. The zero-order valence-corrected chi connectivity index (χ0v) is 10.8. The van der Waals surface area contributed by atoms with E-state index in [2.05, 4.69) is 23.5 Å². The number of ketones is 1. The molecule has 0 amide bonds. The number of Topliss-reactive ketones (excluding diaryl/α,β-unsaturated/α-hetero) is 1. The van der Waals surface area contributed by atoms with Gasteiger partial charge in [0.2, 0.25) is 0 Å². The smallest absolute Gasteiger partial charge is 0.142 e. The molecule has 1 aliphatic heterocycles. The predicted molar refractivity (Wildman–Crippen MR) is 77.4 cm³/mol. The van der Waals surface area contributed by atoms with Gasteiger partial charge in [0.25, 0.3) is 0 Å². The van der Waals surface area contributed by atoms with Crippen LogP contribution < -0.4 is 5.32 Å². The van der Waals surface area contributed by atoms with E-state index in [4.69, 9.17) is 0 Å². The first-order valence-corrected chi connectivity index (χ1v) is 6.74. The van der Waals surface area contributed by atoms with E-state index >= 15 is 0 Å². The summed E-state index contributed by atoms with van der Waals surface area (Å²) in [7, 11) is 0. The van der Waals surface area contributed by atoms with Crippen LogP contribution in [0.25, 0.3) is 0 Å². The number of hydrogen-bond acceptors (Lipinski definition) is 2. The van der Waals surface area contributed by atoms with Crippen molar-refractivity contribution in [1.82, 2.24) is 0 Å². The van der Waals surface area contributed by atoms with Gasteiger partial charge in [0, 0.05) is 18.7 Å². The second-order valence-corrected chi connectivity index (χ2v) is 4.97. The molecule has 1 heterocycles. The van der Waals surface area contributed by atoms with E-state index in [9.17, 15) is 4.79 Å². The molecular weight excluding hydrogens is 234 g/mol. The molecule has 1 N–H and O–H groups in total. The number of carbonyl (C=O) groups is 1. The molecule has 1 unspecified atom stereocenters. The first-order valence-electron chi connectivity index (χ1n) is 6.74. The van der Waals surface area contributed by atoms with Crippen LogP contribution in [0.1, 0.15) is 23.5 Å². The highest BCUT2D eigenvalue weighted by molar-refractivity contribution is 5.90. The van der Waals surface area contributed by atoms with Crippen LogP contribution in [0.5, 0.6) is 0 Å². The van der Waals surface area contributed by atoms with Gasteiger partial charge in [-0.2, -0.15) is 0 Å². The van der Waals surface area contributed by atoms with E-state index in [1.807, 2.05) is 36.4 Å². The van der Waals surface area contributed by atoms with E-state index in [0.29, 0.717) is 12.2 Å². The van der Waals surface area contributed by atoms with E-state index in [0.717, 1.165) is 24.2 Å². The van der Waals surface area contributed by atoms with Crippen LogP contribution in [0.15, 0.2) is 54.6 Å². The number of rotatable bonds is 4. The molecular formula is C17H17NO. The van der Waals surface area contributed by atoms with Crippen LogP contribution in [-0.4, -0.2) is 12.3 Å². The first-order chi connectivity index (χ1) is 9.34. The highest BCUT2D eigenvalue weighted by Gasteiger charge is 2.27. The zero-order chi connectivity index (χ0) is 13.1. The Morgan fingerprint density at radius 1 is 1.05 bits per heavy atom. The maximum atomic E-state index is 12.3. The highest BCUT2D eigenvalue weighted by atomic mass is 16.1. The number of fused-ring (bicyclic) bond motifs is 1. The van der Waals surface area contributed by atoms with Gasteiger partial charge >= 0.3 is 0 Å². The molecule has 0 aromatic heterocycles. The molecule has 1 atom stereocenters. The fourth-order valence-electron chi connectivity index (χ4n) is 2.66. The molecule has 0 fully saturated rings. The van der Waals surface area contributed by atoms with Crippen molar-refractivity contribution in [2.75, 3.05) is 11.9 Å². The quantitative estimate of drug-likeness (QED) is 0.902. The van der Waals surface area contributed by atoms with Gasteiger partial charge in [-0.05, 0) is 23.6 Å². The Morgan fingerprint density at radius 2 is 1.79 bits per heavy atom. The normalized spacial score (nSPS) is 16.7. The summed E-state index contributed by atoms with van der Waals surface area (Å²) < 4.78 is 0. The standard InChI is InChI=1S/C17H17NO/c19-17(11-10-13-6-2-1-3-7-13)15-12-18-16-9-5-4-8-14(15)16/h1-9,15,18H,10-12H2. The summed E-state index contributed by atoms with van der Waals surface area (Å²) in [5, 5.41) is 3.31. The lowest BCUT2D eigenvalue weighted by atomic mass is 9.93. The SMILES string of the molecule is O=C(CCc1ccccc1)C1CNc2ccccc21. The van der Waals surface area contributed by atoms with Crippen molar-refractivity contribution in [2.24, 2.45) is 0 Å². The lowest BCUT2D eigenvalue weighted by molar-refractivity contribution is -0.120. The Labute approximate surface area is 113 Å². The lowest BCUT2D eigenvalue weighted by Gasteiger charge is -2.09. The minimum Gasteiger partial charge on any atom is -0.384 e. The second kappa shape index (κ2) is 5.27. The average Bonchev–Trinajstić information content (AvgIpc) is 2.90. The number of anilines is 1. The summed E-state index contributed by atoms with van der Waals surface area (Å²) in [5.41, 5.74) is 3.50. The van der Waals surface area contributed by atoms with E-state index in [1.54, 1.807) is 0 Å². The highest BCUT2D eigenvalue weighted by Crippen LogP contribution is 2.32. The summed E-state index contributed by atoms with van der Waals surface area (Å²) in [4.78, 5) is 12.3. The van der Waals surface area contributed by atoms with Gasteiger partial charge < -0.3 is 5.32 Å². The molecule has 2 aromatic rings. The molecule has 19 heavy (non-hydrogen) atoms. The van der Waals surface area contributed by atoms with Crippen LogP contribution in [0.2, 0.25) is 0 Å². The molecule has 2 nitrogen and oxygen atoms in total. The third-order valence-corrected chi connectivity index (χ3v) is 3.72. The molecule has 0 radical (unpaired) electrons. The van der Waals surface area contributed by atoms with Crippen molar-refractivity contribution in [3.63, 3.8) is 0 Å². The maximum Gasteiger partial charge on any atom is 0.142 e. The topological polar surface area (TPSA) is 29.1 Å². The third-order valence-electron chi connectivity index (χ3n) is 3.72. The second-order valence-electron chi connectivity index (χ2n) is 4.97. The number of aryl methyl sites for hydroxylation is 1. The van der Waals surface area contributed by atoms with Gasteiger partial charge in [0.05, 0.1) is 5.92 Å². The van der Waals surface area contributed by atoms with Crippen molar-refractivity contribution in [1.29, 1.82) is 0 Å². The van der Waals surface area contributed by atoms with Crippen molar-refractivity contribution in [3.8, 4) is 0 Å². The number of hydrogen-bond donors (Lipinski definition) is 1. The number of benzene rings is 2. The van der Waals surface area contributed by atoms with Crippen LogP contribution in [0.4, 0.5) is 5.69 Å². The number of carbonyl (C=O) groups excluding carboxylic acids is 1. The molecule has 1 aliphatic rings. The fraction of sp³-hybridized carbons (Fsp3) is 0.235. The largest absolute Gasteiger partial charge is 0.384 e. The minimum absolute atomic E-state index is 0.0277. The van der Waals surface area contributed by atoms with Crippen molar-refractivity contribution in [3.05, 3.63) is 65.7 Å². The van der Waals surface area contributed by atoms with Crippen molar-refractivity contribution >= 4 is 11.5 Å². The van der Waals surface area contributed by atoms with Crippen molar-refractivity contribution < 1.29 is 4.79 Å². The van der Waals surface area contributed by atoms with Gasteiger partial charge in [-0.1, -0.05) is 48.5 Å². The molecule has 3 rings (SSSR count). The molecule has 0 bridgehead atoms. The van der Waals surface area contributed by atoms with Gasteiger partial charge in [-0.3, -0.25) is 4.79 Å². The number of para-hydroxylation sites is 1.